The summed E-state index contributed by atoms with van der Waals surface area (Å²) < 4.78 is 18.8. The molecule has 5 atom stereocenters. The monoisotopic (exact) mass is 626 g/mol. The summed E-state index contributed by atoms with van der Waals surface area (Å²) in [5.74, 6) is -1.17. The van der Waals surface area contributed by atoms with Crippen LogP contribution in [-0.4, -0.2) is 68.5 Å². The fourth-order valence-electron chi connectivity index (χ4n) is 6.05. The average Bonchev–Trinajstić information content (AvgIpc) is 3.56. The van der Waals surface area contributed by atoms with Gasteiger partial charge in [-0.25, -0.2) is 9.50 Å². The molecule has 13 nitrogen and oxygen atoms in total. The second kappa shape index (κ2) is 14.2. The van der Waals surface area contributed by atoms with Crippen molar-refractivity contribution in [2.45, 2.75) is 116 Å². The number of aromatic nitrogens is 3. The number of ether oxygens (including phenoxy) is 3. The second-order valence-electron chi connectivity index (χ2n) is 13.2. The largest absolute Gasteiger partial charge is 0.463 e. The Balaban J connectivity index is 1.64. The molecule has 2 fully saturated rings. The number of aliphatic hydroxyl groups is 1. The summed E-state index contributed by atoms with van der Waals surface area (Å²) in [5, 5.41) is 29.3. The van der Waals surface area contributed by atoms with Crippen LogP contribution in [0.4, 0.5) is 5.82 Å². The number of hydrogen-bond donors (Lipinski definition) is 3. The van der Waals surface area contributed by atoms with E-state index >= 15 is 0 Å². The van der Waals surface area contributed by atoms with Crippen molar-refractivity contribution < 1.29 is 33.7 Å². The van der Waals surface area contributed by atoms with Crippen molar-refractivity contribution in [1.29, 1.82) is 5.26 Å². The lowest BCUT2D eigenvalue weighted by Gasteiger charge is -2.29. The number of anilines is 1. The first-order valence-electron chi connectivity index (χ1n) is 15.9. The maximum absolute atomic E-state index is 13.1. The smallest absolute Gasteiger partial charge is 0.323 e. The van der Waals surface area contributed by atoms with E-state index in [2.05, 4.69) is 21.5 Å². The molecule has 45 heavy (non-hydrogen) atoms. The zero-order chi connectivity index (χ0) is 32.9. The van der Waals surface area contributed by atoms with Gasteiger partial charge in [0.05, 0.1) is 5.69 Å². The van der Waals surface area contributed by atoms with Gasteiger partial charge in [-0.1, -0.05) is 53.9 Å². The third kappa shape index (κ3) is 7.29. The number of nitriles is 1. The highest BCUT2D eigenvalue weighted by molar-refractivity contribution is 5.95. The van der Waals surface area contributed by atoms with E-state index in [1.54, 1.807) is 26.8 Å². The van der Waals surface area contributed by atoms with E-state index in [-0.39, 0.29) is 42.3 Å². The fraction of sp³-hybridized carbons (Fsp3) is 0.688. The molecule has 0 bridgehead atoms. The molecule has 1 saturated heterocycles. The highest BCUT2D eigenvalue weighted by atomic mass is 16.6. The molecule has 13 heteroatoms. The predicted octanol–water partition coefficient (Wildman–Crippen LogP) is 3.38. The Labute approximate surface area is 263 Å². The van der Waals surface area contributed by atoms with E-state index in [0.717, 1.165) is 32.1 Å². The van der Waals surface area contributed by atoms with Crippen LogP contribution in [0.5, 0.6) is 0 Å². The maximum Gasteiger partial charge on any atom is 0.323 e. The summed E-state index contributed by atoms with van der Waals surface area (Å²) in [4.78, 5) is 42.9. The van der Waals surface area contributed by atoms with E-state index in [1.165, 1.54) is 16.9 Å². The number of nitrogens with two attached hydrogens (primary N) is 1. The third-order valence-corrected chi connectivity index (χ3v) is 9.06. The molecule has 0 aromatic carbocycles. The van der Waals surface area contributed by atoms with Gasteiger partial charge >= 0.3 is 11.9 Å². The lowest BCUT2D eigenvalue weighted by molar-refractivity contribution is -0.163. The highest BCUT2D eigenvalue weighted by Gasteiger charge is 2.60. The summed E-state index contributed by atoms with van der Waals surface area (Å²) >= 11 is 0. The molecule has 2 aliphatic rings. The predicted molar refractivity (Wildman–Crippen MR) is 163 cm³/mol. The molecular weight excluding hydrogens is 580 g/mol. The molecule has 3 heterocycles. The minimum atomic E-state index is -2.09. The number of aliphatic hydroxyl groups excluding tert-OH is 1. The number of nitrogens with one attached hydrogen (secondary N) is 1. The van der Waals surface area contributed by atoms with Crippen molar-refractivity contribution in [2.24, 2.45) is 23.0 Å². The summed E-state index contributed by atoms with van der Waals surface area (Å²) in [6, 6.07) is 4.14. The summed E-state index contributed by atoms with van der Waals surface area (Å²) in [6.07, 6.45) is 3.70. The van der Waals surface area contributed by atoms with Crippen molar-refractivity contribution in [3.63, 3.8) is 0 Å². The molecule has 246 valence electrons. The molecule has 1 saturated carbocycles. The Bertz CT molecular complexity index is 1400. The van der Waals surface area contributed by atoms with Crippen LogP contribution >= 0.6 is 0 Å². The van der Waals surface area contributed by atoms with Crippen molar-refractivity contribution in [2.75, 3.05) is 11.9 Å². The van der Waals surface area contributed by atoms with E-state index in [0.29, 0.717) is 18.4 Å². The quantitative estimate of drug-likeness (QED) is 0.310. The van der Waals surface area contributed by atoms with E-state index in [9.17, 15) is 24.8 Å². The van der Waals surface area contributed by atoms with Crippen molar-refractivity contribution >= 4 is 29.2 Å². The number of hydrogen-bond acceptors (Lipinski definition) is 11. The Morgan fingerprint density at radius 2 is 1.91 bits per heavy atom. The normalized spacial score (nSPS) is 24.7. The molecule has 0 spiro atoms. The molecule has 4 rings (SSSR count). The number of nitrogens with zero attached hydrogens (tertiary/aromatic N) is 4. The maximum atomic E-state index is 13.1. The number of carbonyl (C=O) groups is 3. The molecule has 0 radical (unpaired) electrons. The number of rotatable bonds is 11. The fourth-order valence-corrected chi connectivity index (χ4v) is 6.05. The van der Waals surface area contributed by atoms with Gasteiger partial charge in [-0.3, -0.25) is 14.4 Å². The first-order chi connectivity index (χ1) is 21.4. The molecule has 1 amide bonds. The van der Waals surface area contributed by atoms with Crippen LogP contribution in [0.3, 0.4) is 0 Å². The van der Waals surface area contributed by atoms with Gasteiger partial charge in [0.2, 0.25) is 11.5 Å². The minimum absolute atomic E-state index is 0.116. The Morgan fingerprint density at radius 3 is 2.53 bits per heavy atom. The van der Waals surface area contributed by atoms with Gasteiger partial charge in [0.25, 0.3) is 0 Å². The van der Waals surface area contributed by atoms with Crippen LogP contribution in [-0.2, 0) is 34.2 Å². The third-order valence-electron chi connectivity index (χ3n) is 9.06. The summed E-state index contributed by atoms with van der Waals surface area (Å²) in [6.45, 7) is 8.82. The van der Waals surface area contributed by atoms with Gasteiger partial charge in [-0.15, -0.1) is 0 Å². The van der Waals surface area contributed by atoms with Crippen LogP contribution in [0.2, 0.25) is 0 Å². The Kier molecular flexibility index (Phi) is 10.8. The van der Waals surface area contributed by atoms with Gasteiger partial charge in [0.15, 0.2) is 11.9 Å². The standard InChI is InChI=1S/C32H46N6O7/c1-6-20(7-2)29(41)37-28-21-13-14-23(38(21)36-18-35-28)32(17-33)27(40)25(44-30(42)26(34)31(3,4)5)22(45-32)16-43-24(39)15-19-11-9-8-10-12-19/h13-14,18-20,22,25-27,40H,6-12,15-16,34H2,1-5H3,(H,35,36,37,41)/t22-,25-,26+,27-,32+/m1/s1. The molecular formula is C32H46N6O7. The van der Waals surface area contributed by atoms with E-state index in [4.69, 9.17) is 19.9 Å². The number of carbonyl (C=O) groups excluding carboxylic acids is 3. The number of fused-ring (bicyclic) bond motifs is 1. The SMILES string of the molecule is CCC(CC)C(=O)Nc1ncnn2c([C@]3(C#N)O[C@H](COC(=O)CC4CCCCC4)[C@@H](OC(=O)[C@H](N)C(C)(C)C)[C@H]3O)ccc12. The summed E-state index contributed by atoms with van der Waals surface area (Å²) in [7, 11) is 0. The number of esters is 2. The molecule has 2 aromatic heterocycles. The highest BCUT2D eigenvalue weighted by Crippen LogP contribution is 2.42. The molecule has 1 aliphatic heterocycles. The van der Waals surface area contributed by atoms with Gasteiger partial charge in [0.1, 0.15) is 42.8 Å². The van der Waals surface area contributed by atoms with Gasteiger partial charge in [-0.05, 0) is 49.1 Å². The summed E-state index contributed by atoms with van der Waals surface area (Å²) in [5.41, 5.74) is 3.89. The molecule has 4 N–H and O–H groups in total. The topological polar surface area (TPSA) is 191 Å². The first-order valence-corrected chi connectivity index (χ1v) is 15.9. The van der Waals surface area contributed by atoms with Crippen molar-refractivity contribution in [3.8, 4) is 6.07 Å². The lowest BCUT2D eigenvalue weighted by Crippen LogP contribution is -2.49. The average molecular weight is 627 g/mol. The lowest BCUT2D eigenvalue weighted by atomic mass is 9.87. The zero-order valence-electron chi connectivity index (χ0n) is 26.8. The second-order valence-corrected chi connectivity index (χ2v) is 13.2. The number of amides is 1. The van der Waals surface area contributed by atoms with Gasteiger partial charge in [0, 0.05) is 12.3 Å². The molecule has 2 aromatic rings. The Hall–Kier alpha value is -3.60. The first kappa shape index (κ1) is 34.3. The van der Waals surface area contributed by atoms with Crippen LogP contribution < -0.4 is 11.1 Å². The van der Waals surface area contributed by atoms with E-state index < -0.39 is 47.3 Å². The van der Waals surface area contributed by atoms with Crippen LogP contribution in [0.1, 0.15) is 91.7 Å². The van der Waals surface area contributed by atoms with Crippen LogP contribution in [0, 0.1) is 28.6 Å². The molecule has 1 aliphatic carbocycles. The van der Waals surface area contributed by atoms with Gasteiger partial charge < -0.3 is 30.4 Å². The van der Waals surface area contributed by atoms with Gasteiger partial charge in [-0.2, -0.15) is 10.4 Å². The van der Waals surface area contributed by atoms with E-state index in [1.807, 2.05) is 13.8 Å². The minimum Gasteiger partial charge on any atom is -0.463 e. The van der Waals surface area contributed by atoms with Crippen molar-refractivity contribution in [3.05, 3.63) is 24.2 Å². The van der Waals surface area contributed by atoms with Crippen molar-refractivity contribution in [1.82, 2.24) is 14.6 Å². The van der Waals surface area contributed by atoms with Crippen LogP contribution in [0.25, 0.3) is 5.52 Å². The molecule has 0 unspecified atom stereocenters. The zero-order valence-corrected chi connectivity index (χ0v) is 26.8. The Morgan fingerprint density at radius 1 is 1.22 bits per heavy atom. The van der Waals surface area contributed by atoms with Crippen LogP contribution in [0.15, 0.2) is 18.5 Å².